The van der Waals surface area contributed by atoms with Crippen molar-refractivity contribution in [3.63, 3.8) is 0 Å². The first-order valence-corrected chi connectivity index (χ1v) is 22.3. The molecule has 2 saturated heterocycles. The molecule has 5 heterocycles. The van der Waals surface area contributed by atoms with Crippen molar-refractivity contribution in [1.82, 2.24) is 4.90 Å². The smallest absolute Gasteiger partial charge is 0.344 e. The van der Waals surface area contributed by atoms with Gasteiger partial charge in [0, 0.05) is 59.6 Å². The fourth-order valence-corrected chi connectivity index (χ4v) is 13.0. The van der Waals surface area contributed by atoms with Gasteiger partial charge in [0.1, 0.15) is 11.9 Å². The van der Waals surface area contributed by atoms with E-state index in [1.54, 1.807) is 31.4 Å². The van der Waals surface area contributed by atoms with Crippen LogP contribution in [-0.2, 0) is 43.5 Å². The van der Waals surface area contributed by atoms with E-state index in [-0.39, 0.29) is 19.4 Å². The number of fused-ring (bicyclic) bond motifs is 4. The van der Waals surface area contributed by atoms with Crippen LogP contribution in [0, 0.1) is 17.3 Å². The molecule has 0 radical (unpaired) electrons. The second-order valence-corrected chi connectivity index (χ2v) is 18.1. The number of methoxy groups -OCH3 is 5. The normalized spacial score (nSPS) is 31.7. The Bertz CT molecular complexity index is 2520. The lowest BCUT2D eigenvalue weighted by Crippen LogP contribution is -2.81. The zero-order chi connectivity index (χ0) is 46.4. The Labute approximate surface area is 381 Å². The van der Waals surface area contributed by atoms with Crippen LogP contribution in [0.5, 0.6) is 34.5 Å². The summed E-state index contributed by atoms with van der Waals surface area (Å²) in [7, 11) is 9.15. The van der Waals surface area contributed by atoms with Gasteiger partial charge in [-0.05, 0) is 66.4 Å². The van der Waals surface area contributed by atoms with Crippen LogP contribution in [0.15, 0.2) is 54.6 Å². The van der Waals surface area contributed by atoms with E-state index in [0.717, 1.165) is 11.3 Å². The molecule has 17 heteroatoms. The van der Waals surface area contributed by atoms with E-state index in [1.807, 2.05) is 49.2 Å². The predicted molar refractivity (Wildman–Crippen MR) is 232 cm³/mol. The lowest BCUT2D eigenvalue weighted by atomic mass is 9.47. The van der Waals surface area contributed by atoms with Gasteiger partial charge >= 0.3 is 23.9 Å². The number of anilines is 1. The predicted octanol–water partition coefficient (Wildman–Crippen LogP) is 4.38. The molecule has 10 rings (SSSR count). The molecular weight excluding hydrogens is 857 g/mol. The third-order valence-corrected chi connectivity index (χ3v) is 15.5. The molecule has 17 nitrogen and oxygen atoms in total. The Morgan fingerprint density at radius 2 is 1.55 bits per heavy atom. The van der Waals surface area contributed by atoms with Crippen LogP contribution in [-0.4, -0.2) is 127 Å². The molecule has 350 valence electrons. The molecule has 3 fully saturated rings. The number of aliphatic hydroxyl groups is 1. The van der Waals surface area contributed by atoms with E-state index in [4.69, 9.17) is 47.4 Å². The maximum atomic E-state index is 14.3. The molecule has 10 atom stereocenters. The van der Waals surface area contributed by atoms with Crippen molar-refractivity contribution in [2.24, 2.45) is 17.3 Å². The highest BCUT2D eigenvalue weighted by molar-refractivity contribution is 5.87. The summed E-state index contributed by atoms with van der Waals surface area (Å²) >= 11 is 0. The van der Waals surface area contributed by atoms with Crippen molar-refractivity contribution in [2.45, 2.75) is 73.8 Å². The average molecular weight is 911 g/mol. The quantitative estimate of drug-likeness (QED) is 0.153. The van der Waals surface area contributed by atoms with Gasteiger partial charge in [0.05, 0.1) is 67.0 Å². The van der Waals surface area contributed by atoms with Crippen LogP contribution in [0.25, 0.3) is 0 Å². The summed E-state index contributed by atoms with van der Waals surface area (Å²) in [5, 5.41) is 13.2. The first kappa shape index (κ1) is 43.7. The number of rotatable bonds is 12. The number of carbonyl (C=O) groups is 4. The average Bonchev–Trinajstić information content (AvgIpc) is 4.12. The Hall–Kier alpha value is -6.20. The Morgan fingerprint density at radius 3 is 2.20 bits per heavy atom. The van der Waals surface area contributed by atoms with Crippen LogP contribution < -0.4 is 33.3 Å². The minimum Gasteiger partial charge on any atom is -0.497 e. The van der Waals surface area contributed by atoms with E-state index >= 15 is 0 Å². The lowest BCUT2D eigenvalue weighted by molar-refractivity contribution is -0.229. The van der Waals surface area contributed by atoms with E-state index in [2.05, 4.69) is 4.90 Å². The van der Waals surface area contributed by atoms with Crippen LogP contribution in [0.1, 0.15) is 66.9 Å². The van der Waals surface area contributed by atoms with Gasteiger partial charge in [0.15, 0.2) is 29.1 Å². The minimum atomic E-state index is -2.35. The Balaban J connectivity index is 0.958. The summed E-state index contributed by atoms with van der Waals surface area (Å²) in [6.07, 6.45) is 1.81. The molecule has 3 aromatic rings. The van der Waals surface area contributed by atoms with Crippen LogP contribution in [0.3, 0.4) is 0 Å². The second kappa shape index (κ2) is 16.0. The molecule has 2 aliphatic carbocycles. The van der Waals surface area contributed by atoms with Crippen molar-refractivity contribution in [2.75, 3.05) is 74.0 Å². The van der Waals surface area contributed by atoms with Crippen LogP contribution in [0.4, 0.5) is 5.69 Å². The molecule has 1 N–H and O–H groups in total. The van der Waals surface area contributed by atoms with E-state index < -0.39 is 89.2 Å². The fraction of sp³-hybridized carbons (Fsp3) is 0.510. The lowest BCUT2D eigenvalue weighted by Gasteiger charge is -2.63. The van der Waals surface area contributed by atoms with Crippen molar-refractivity contribution >= 4 is 29.6 Å². The minimum absolute atomic E-state index is 0.0196. The molecule has 1 spiro atoms. The number of ether oxygens (including phenoxy) is 10. The molecule has 7 aliphatic rings. The number of hydrogen-bond donors (Lipinski definition) is 1. The van der Waals surface area contributed by atoms with Crippen molar-refractivity contribution in [3.05, 3.63) is 76.9 Å². The van der Waals surface area contributed by atoms with Crippen LogP contribution in [0.2, 0.25) is 0 Å². The van der Waals surface area contributed by atoms with Crippen LogP contribution >= 0.6 is 0 Å². The number of carbonyl (C=O) groups excluding carboxylic acids is 4. The largest absolute Gasteiger partial charge is 0.497 e. The molecule has 5 aliphatic heterocycles. The molecule has 0 bridgehead atoms. The summed E-state index contributed by atoms with van der Waals surface area (Å²) < 4.78 is 57.9. The van der Waals surface area contributed by atoms with Crippen molar-refractivity contribution < 1.29 is 71.7 Å². The monoisotopic (exact) mass is 910 g/mol. The summed E-state index contributed by atoms with van der Waals surface area (Å²) in [5.41, 5.74) is -0.474. The first-order valence-electron chi connectivity index (χ1n) is 22.3. The number of nitrogens with zero attached hydrogens (tertiary/aromatic N) is 2. The zero-order valence-electron chi connectivity index (χ0n) is 38.0. The van der Waals surface area contributed by atoms with Gasteiger partial charge in [0.25, 0.3) is 0 Å². The van der Waals surface area contributed by atoms with Crippen molar-refractivity contribution in [3.8, 4) is 34.5 Å². The van der Waals surface area contributed by atoms with Gasteiger partial charge in [-0.3, -0.25) is 19.3 Å². The molecule has 66 heavy (non-hydrogen) atoms. The van der Waals surface area contributed by atoms with Gasteiger partial charge in [-0.1, -0.05) is 25.1 Å². The standard InChI is InChI=1S/C49H54N2O15/c1-8-47-14-9-16-51-17-15-48(43(47)51)30-11-10-26(57-3)20-31(30)50(2)44(48)49(56,46(55)61-7)45(47)66-37(53)13-12-36(52)65-40-28-22-33-32(63-24-64-33)21-27(28)38(39-29(40)23-62-42(39)54)25-18-34(58-4)41(60-6)35(19-25)59-5/h9-11,14,18-22,29,38-40,43-45,56H,8,12-13,15-17,23-24H2,1-7H3/t29-,38+,39-,40-,43-,44+,45+,47+,48+,49-/m0/s1. The van der Waals surface area contributed by atoms with E-state index in [9.17, 15) is 24.3 Å². The molecule has 0 unspecified atom stereocenters. The van der Waals surface area contributed by atoms with Crippen molar-refractivity contribution in [1.29, 1.82) is 0 Å². The second-order valence-electron chi connectivity index (χ2n) is 18.1. The highest BCUT2D eigenvalue weighted by atomic mass is 16.7. The molecule has 3 aromatic carbocycles. The SMILES string of the molecule is CC[C@]12C=CCN3CC[C@@]4(c5ccc(OC)cc5N(C)[C@H]4[C@@](O)(C(=O)OC)[C@@H]1OC(=O)CCC(=O)O[C@H]1c4cc5c(cc4[C@@H](c4cc(OC)c(OC)c(OC)c4)[C@H]4C(=O)OC[C@@H]41)OCO5)[C@@H]32. The topological polar surface area (TPSA) is 187 Å². The van der Waals surface area contributed by atoms with Gasteiger partial charge in [-0.2, -0.15) is 0 Å². The Kier molecular flexibility index (Phi) is 10.6. The van der Waals surface area contributed by atoms with Gasteiger partial charge < -0.3 is 57.4 Å². The summed E-state index contributed by atoms with van der Waals surface area (Å²) in [4.78, 5) is 60.7. The van der Waals surface area contributed by atoms with Gasteiger partial charge in [-0.15, -0.1) is 0 Å². The zero-order valence-corrected chi connectivity index (χ0v) is 38.0. The molecule has 0 aromatic heterocycles. The third kappa shape index (κ3) is 5.97. The number of esters is 4. The van der Waals surface area contributed by atoms with Gasteiger partial charge in [-0.25, -0.2) is 4.79 Å². The number of likely N-dealkylation sites (N-methyl/N-ethyl adjacent to an activating group) is 1. The Morgan fingerprint density at radius 1 is 0.848 bits per heavy atom. The van der Waals surface area contributed by atoms with E-state index in [0.29, 0.717) is 77.1 Å². The summed E-state index contributed by atoms with van der Waals surface area (Å²) in [5.74, 6) is -2.31. The summed E-state index contributed by atoms with van der Waals surface area (Å²) in [6.45, 7) is 3.24. The molecular formula is C49H54N2O15. The maximum absolute atomic E-state index is 14.3. The summed E-state index contributed by atoms with van der Waals surface area (Å²) in [6, 6.07) is 11.8. The number of cyclic esters (lactones) is 1. The van der Waals surface area contributed by atoms with E-state index in [1.165, 1.54) is 28.4 Å². The third-order valence-electron chi connectivity index (χ3n) is 15.5. The first-order chi connectivity index (χ1) is 31.8. The highest BCUT2D eigenvalue weighted by Gasteiger charge is 2.80. The molecule has 0 amide bonds. The number of hydrogen-bond acceptors (Lipinski definition) is 17. The number of benzene rings is 3. The van der Waals surface area contributed by atoms with Gasteiger partial charge in [0.2, 0.25) is 18.1 Å². The molecule has 1 saturated carbocycles. The highest BCUT2D eigenvalue weighted by Crippen LogP contribution is 2.67. The fourth-order valence-electron chi connectivity index (χ4n) is 13.0. The maximum Gasteiger partial charge on any atom is 0.344 e.